The second kappa shape index (κ2) is 5.82. The summed E-state index contributed by atoms with van der Waals surface area (Å²) in [4.78, 5) is 11.6. The molecule has 1 rings (SSSR count). The molecule has 1 unspecified atom stereocenters. The molecule has 0 spiro atoms. The Hall–Kier alpha value is -1.13. The molecule has 1 aromatic carbocycles. The quantitative estimate of drug-likeness (QED) is 0.852. The van der Waals surface area contributed by atoms with Crippen LogP contribution in [-0.2, 0) is 0 Å². The first-order valence-corrected chi connectivity index (χ1v) is 5.29. The number of hydrogen-bond donors (Lipinski definition) is 2. The zero-order valence-corrected chi connectivity index (χ0v) is 9.59. The minimum absolute atomic E-state index is 0.00355. The smallest absolute Gasteiger partial charge is 0.251 e. The molecule has 0 aliphatic rings. The highest BCUT2D eigenvalue weighted by molar-refractivity contribution is 6.30. The average Bonchev–Trinajstić information content (AvgIpc) is 2.22. The van der Waals surface area contributed by atoms with Crippen LogP contribution in [0.25, 0.3) is 0 Å². The second-order valence-electron chi connectivity index (χ2n) is 3.52. The van der Waals surface area contributed by atoms with Crippen LogP contribution in [0.5, 0.6) is 0 Å². The molecule has 1 aromatic rings. The third kappa shape index (κ3) is 3.47. The van der Waals surface area contributed by atoms with Crippen LogP contribution in [0.4, 0.5) is 4.39 Å². The van der Waals surface area contributed by atoms with E-state index in [0.717, 1.165) is 6.07 Å². The largest absolute Gasteiger partial charge is 0.396 e. The molecule has 0 aliphatic carbocycles. The number of nitrogens with one attached hydrogen (secondary N) is 1. The maximum Gasteiger partial charge on any atom is 0.251 e. The lowest BCUT2D eigenvalue weighted by Crippen LogP contribution is -2.33. The molecule has 5 heteroatoms. The molecular weight excluding hydrogens is 233 g/mol. The van der Waals surface area contributed by atoms with Gasteiger partial charge in [-0.3, -0.25) is 4.79 Å². The van der Waals surface area contributed by atoms with E-state index in [1.807, 2.05) is 0 Å². The van der Waals surface area contributed by atoms with Crippen LogP contribution in [0.15, 0.2) is 18.2 Å². The van der Waals surface area contributed by atoms with E-state index in [9.17, 15) is 9.18 Å². The van der Waals surface area contributed by atoms with Gasteiger partial charge in [-0.2, -0.15) is 0 Å². The fourth-order valence-corrected chi connectivity index (χ4v) is 1.33. The lowest BCUT2D eigenvalue weighted by atomic mass is 10.2. The lowest BCUT2D eigenvalue weighted by Gasteiger charge is -2.12. The molecule has 0 aromatic heterocycles. The molecule has 0 saturated heterocycles. The highest BCUT2D eigenvalue weighted by atomic mass is 35.5. The zero-order chi connectivity index (χ0) is 12.1. The number of hydrogen-bond acceptors (Lipinski definition) is 2. The standard InChI is InChI=1S/C11H13ClFNO2/c1-7(4-5-15)14-11(16)8-2-3-9(12)10(13)6-8/h2-3,6-7,15H,4-5H2,1H3,(H,14,16). The Morgan fingerprint density at radius 2 is 2.31 bits per heavy atom. The van der Waals surface area contributed by atoms with E-state index < -0.39 is 5.82 Å². The first-order chi connectivity index (χ1) is 7.54. The fraction of sp³-hybridized carbons (Fsp3) is 0.364. The van der Waals surface area contributed by atoms with E-state index in [2.05, 4.69) is 5.32 Å². The van der Waals surface area contributed by atoms with Gasteiger partial charge in [0, 0.05) is 18.2 Å². The van der Waals surface area contributed by atoms with Crippen molar-refractivity contribution in [3.05, 3.63) is 34.6 Å². The van der Waals surface area contributed by atoms with Crippen LogP contribution < -0.4 is 5.32 Å². The van der Waals surface area contributed by atoms with E-state index in [0.29, 0.717) is 6.42 Å². The molecule has 1 atom stereocenters. The molecule has 3 nitrogen and oxygen atoms in total. The van der Waals surface area contributed by atoms with Crippen LogP contribution in [0.2, 0.25) is 5.02 Å². The number of amides is 1. The zero-order valence-electron chi connectivity index (χ0n) is 8.84. The summed E-state index contributed by atoms with van der Waals surface area (Å²) in [5.74, 6) is -0.999. The van der Waals surface area contributed by atoms with Crippen molar-refractivity contribution < 1.29 is 14.3 Å². The molecule has 0 bridgehead atoms. The maximum absolute atomic E-state index is 13.1. The van der Waals surface area contributed by atoms with Crippen LogP contribution in [0.1, 0.15) is 23.7 Å². The van der Waals surface area contributed by atoms with Crippen LogP contribution >= 0.6 is 11.6 Å². The number of carbonyl (C=O) groups is 1. The summed E-state index contributed by atoms with van der Waals surface area (Å²) in [6.45, 7) is 1.76. The van der Waals surface area contributed by atoms with Crippen molar-refractivity contribution >= 4 is 17.5 Å². The number of aliphatic hydroxyl groups is 1. The van der Waals surface area contributed by atoms with Crippen molar-refractivity contribution in [3.8, 4) is 0 Å². The fourth-order valence-electron chi connectivity index (χ4n) is 1.21. The molecule has 2 N–H and O–H groups in total. The van der Waals surface area contributed by atoms with Gasteiger partial charge < -0.3 is 10.4 Å². The van der Waals surface area contributed by atoms with Gasteiger partial charge in [-0.1, -0.05) is 11.6 Å². The topological polar surface area (TPSA) is 49.3 Å². The van der Waals surface area contributed by atoms with Gasteiger partial charge in [0.05, 0.1) is 5.02 Å². The first kappa shape index (κ1) is 12.9. The molecule has 88 valence electrons. The Kier molecular flexibility index (Phi) is 4.71. The molecular formula is C11H13ClFNO2. The number of halogens is 2. The highest BCUT2D eigenvalue weighted by Gasteiger charge is 2.11. The summed E-state index contributed by atoms with van der Waals surface area (Å²) < 4.78 is 13.1. The van der Waals surface area contributed by atoms with Gasteiger partial charge in [0.15, 0.2) is 0 Å². The summed E-state index contributed by atoms with van der Waals surface area (Å²) in [6.07, 6.45) is 0.460. The summed E-state index contributed by atoms with van der Waals surface area (Å²) in [5, 5.41) is 11.3. The lowest BCUT2D eigenvalue weighted by molar-refractivity contribution is 0.0934. The van der Waals surface area contributed by atoms with Gasteiger partial charge in [0.25, 0.3) is 5.91 Å². The van der Waals surface area contributed by atoms with Crippen LogP contribution in [-0.4, -0.2) is 23.7 Å². The average molecular weight is 246 g/mol. The van der Waals surface area contributed by atoms with Crippen molar-refractivity contribution in [2.75, 3.05) is 6.61 Å². The monoisotopic (exact) mass is 245 g/mol. The van der Waals surface area contributed by atoms with E-state index in [4.69, 9.17) is 16.7 Å². The van der Waals surface area contributed by atoms with Crippen LogP contribution in [0, 0.1) is 5.82 Å². The Labute approximate surface area is 98.2 Å². The second-order valence-corrected chi connectivity index (χ2v) is 3.92. The molecule has 0 radical (unpaired) electrons. The van der Waals surface area contributed by atoms with Gasteiger partial charge in [0.1, 0.15) is 5.82 Å². The highest BCUT2D eigenvalue weighted by Crippen LogP contribution is 2.15. The van der Waals surface area contributed by atoms with Gasteiger partial charge in [-0.15, -0.1) is 0 Å². The van der Waals surface area contributed by atoms with Gasteiger partial charge in [0.2, 0.25) is 0 Å². The first-order valence-electron chi connectivity index (χ1n) is 4.91. The number of rotatable bonds is 4. The summed E-state index contributed by atoms with van der Waals surface area (Å²) in [5.41, 5.74) is 0.215. The molecule has 1 amide bonds. The molecule has 16 heavy (non-hydrogen) atoms. The minimum Gasteiger partial charge on any atom is -0.396 e. The Morgan fingerprint density at radius 1 is 1.62 bits per heavy atom. The van der Waals surface area contributed by atoms with E-state index in [1.54, 1.807) is 6.92 Å². The number of benzene rings is 1. The normalized spacial score (nSPS) is 12.2. The molecule has 0 saturated carbocycles. The molecule has 0 aliphatic heterocycles. The van der Waals surface area contributed by atoms with Crippen LogP contribution in [0.3, 0.4) is 0 Å². The Bertz CT molecular complexity index is 384. The summed E-state index contributed by atoms with van der Waals surface area (Å²) in [6, 6.07) is 3.72. The number of carbonyl (C=O) groups excluding carboxylic acids is 1. The molecule has 0 fully saturated rings. The van der Waals surface area contributed by atoms with Crippen molar-refractivity contribution in [2.24, 2.45) is 0 Å². The van der Waals surface area contributed by atoms with Gasteiger partial charge in [-0.25, -0.2) is 4.39 Å². The number of aliphatic hydroxyl groups excluding tert-OH is 1. The van der Waals surface area contributed by atoms with Gasteiger partial charge in [-0.05, 0) is 31.5 Å². The summed E-state index contributed by atoms with van der Waals surface area (Å²) in [7, 11) is 0. The maximum atomic E-state index is 13.1. The third-order valence-corrected chi connectivity index (χ3v) is 2.43. The molecule has 0 heterocycles. The van der Waals surface area contributed by atoms with E-state index >= 15 is 0 Å². The van der Waals surface area contributed by atoms with E-state index in [1.165, 1.54) is 12.1 Å². The van der Waals surface area contributed by atoms with Crippen molar-refractivity contribution in [2.45, 2.75) is 19.4 Å². The Balaban J connectivity index is 2.69. The summed E-state index contributed by atoms with van der Waals surface area (Å²) >= 11 is 5.50. The Morgan fingerprint density at radius 3 is 2.88 bits per heavy atom. The predicted octanol–water partition coefficient (Wildman–Crippen LogP) is 1.98. The van der Waals surface area contributed by atoms with Crippen molar-refractivity contribution in [3.63, 3.8) is 0 Å². The third-order valence-electron chi connectivity index (χ3n) is 2.12. The minimum atomic E-state index is -0.621. The van der Waals surface area contributed by atoms with Crippen molar-refractivity contribution in [1.29, 1.82) is 0 Å². The van der Waals surface area contributed by atoms with Crippen molar-refractivity contribution in [1.82, 2.24) is 5.32 Å². The SMILES string of the molecule is CC(CCO)NC(=O)c1ccc(Cl)c(F)c1. The predicted molar refractivity (Wildman–Crippen MR) is 60.0 cm³/mol. The van der Waals surface area contributed by atoms with Gasteiger partial charge >= 0.3 is 0 Å². The van der Waals surface area contributed by atoms with E-state index in [-0.39, 0.29) is 29.1 Å².